The molecule has 5 nitrogen and oxygen atoms in total. The number of likely N-dealkylation sites (N-methyl/N-ethyl adjacent to an activating group) is 2. The number of hydrogen-bond donors (Lipinski definition) is 1. The maximum absolute atomic E-state index is 12.1. The molecule has 0 saturated carbocycles. The van der Waals surface area contributed by atoms with E-state index in [2.05, 4.69) is 15.9 Å². The van der Waals surface area contributed by atoms with Crippen molar-refractivity contribution >= 4 is 51.2 Å². The standard InChI is InChI=1S/C13H11BrN2O3S/c1-15-11(18)9(12(19)16(2)13(15)20)6-7-5-8(14)3-4-10(7)17/h3-6,17H,1-2H3. The van der Waals surface area contributed by atoms with Crippen LogP contribution in [0.2, 0.25) is 0 Å². The highest BCUT2D eigenvalue weighted by molar-refractivity contribution is 9.10. The van der Waals surface area contributed by atoms with Crippen LogP contribution < -0.4 is 0 Å². The van der Waals surface area contributed by atoms with Crippen molar-refractivity contribution in [1.82, 2.24) is 9.80 Å². The van der Waals surface area contributed by atoms with Crippen LogP contribution >= 0.6 is 28.1 Å². The first-order chi connectivity index (χ1) is 9.32. The Bertz CT molecular complexity index is 631. The fraction of sp³-hybridized carbons (Fsp3) is 0.154. The maximum atomic E-state index is 12.1. The van der Waals surface area contributed by atoms with Gasteiger partial charge in [-0.3, -0.25) is 19.4 Å². The number of thiocarbonyl (C=S) groups is 1. The topological polar surface area (TPSA) is 60.9 Å². The Morgan fingerprint density at radius 1 is 1.20 bits per heavy atom. The molecule has 1 N–H and O–H groups in total. The number of carbonyl (C=O) groups is 2. The number of amides is 2. The first kappa shape index (κ1) is 14.7. The molecule has 0 aromatic heterocycles. The third kappa shape index (κ3) is 2.46. The lowest BCUT2D eigenvalue weighted by Gasteiger charge is -2.31. The largest absolute Gasteiger partial charge is 0.507 e. The summed E-state index contributed by atoms with van der Waals surface area (Å²) in [4.78, 5) is 26.7. The molecular formula is C13H11BrN2O3S. The highest BCUT2D eigenvalue weighted by Gasteiger charge is 2.35. The molecular weight excluding hydrogens is 344 g/mol. The van der Waals surface area contributed by atoms with Gasteiger partial charge in [-0.05, 0) is 36.5 Å². The molecule has 0 spiro atoms. The molecule has 2 rings (SSSR count). The average molecular weight is 355 g/mol. The van der Waals surface area contributed by atoms with Gasteiger partial charge in [0.15, 0.2) is 5.11 Å². The van der Waals surface area contributed by atoms with E-state index >= 15 is 0 Å². The molecule has 1 fully saturated rings. The smallest absolute Gasteiger partial charge is 0.265 e. The van der Waals surface area contributed by atoms with Crippen LogP contribution in [0.3, 0.4) is 0 Å². The summed E-state index contributed by atoms with van der Waals surface area (Å²) in [6.45, 7) is 0. The second kappa shape index (κ2) is 5.34. The summed E-state index contributed by atoms with van der Waals surface area (Å²) in [5, 5.41) is 9.93. The average Bonchev–Trinajstić information content (AvgIpc) is 2.43. The van der Waals surface area contributed by atoms with Gasteiger partial charge in [-0.15, -0.1) is 0 Å². The maximum Gasteiger partial charge on any atom is 0.265 e. The van der Waals surface area contributed by atoms with Crippen LogP contribution in [0.25, 0.3) is 6.08 Å². The number of aromatic hydroxyl groups is 1. The van der Waals surface area contributed by atoms with Crippen molar-refractivity contribution in [1.29, 1.82) is 0 Å². The van der Waals surface area contributed by atoms with Crippen molar-refractivity contribution in [3.8, 4) is 5.75 Å². The molecule has 0 bridgehead atoms. The van der Waals surface area contributed by atoms with Gasteiger partial charge in [0.25, 0.3) is 11.8 Å². The Kier molecular flexibility index (Phi) is 3.92. The van der Waals surface area contributed by atoms with Crippen molar-refractivity contribution in [3.63, 3.8) is 0 Å². The van der Waals surface area contributed by atoms with E-state index in [1.165, 1.54) is 36.0 Å². The van der Waals surface area contributed by atoms with E-state index in [1.807, 2.05) is 0 Å². The van der Waals surface area contributed by atoms with Gasteiger partial charge in [0.1, 0.15) is 11.3 Å². The molecule has 1 aliphatic heterocycles. The van der Waals surface area contributed by atoms with Gasteiger partial charge in [0.05, 0.1) is 0 Å². The first-order valence-electron chi connectivity index (χ1n) is 5.63. The zero-order valence-corrected chi connectivity index (χ0v) is 13.2. The fourth-order valence-electron chi connectivity index (χ4n) is 1.77. The molecule has 7 heteroatoms. The van der Waals surface area contributed by atoms with Gasteiger partial charge in [-0.25, -0.2) is 0 Å². The predicted molar refractivity (Wildman–Crippen MR) is 81.9 cm³/mol. The molecule has 1 saturated heterocycles. The molecule has 1 aromatic carbocycles. The number of phenolic OH excluding ortho intramolecular Hbond substituents is 1. The second-order valence-electron chi connectivity index (χ2n) is 4.27. The molecule has 1 heterocycles. The molecule has 0 unspecified atom stereocenters. The van der Waals surface area contributed by atoms with E-state index in [4.69, 9.17) is 12.2 Å². The van der Waals surface area contributed by atoms with Gasteiger partial charge in [0.2, 0.25) is 0 Å². The molecule has 0 radical (unpaired) electrons. The normalized spacial score (nSPS) is 15.9. The van der Waals surface area contributed by atoms with Crippen LogP contribution in [0.4, 0.5) is 0 Å². The van der Waals surface area contributed by atoms with E-state index in [-0.39, 0.29) is 16.4 Å². The Hall–Kier alpha value is -1.73. The summed E-state index contributed by atoms with van der Waals surface area (Å²) in [6, 6.07) is 4.76. The Morgan fingerprint density at radius 3 is 2.30 bits per heavy atom. The Balaban J connectivity index is 2.52. The van der Waals surface area contributed by atoms with Crippen molar-refractivity contribution in [2.75, 3.05) is 14.1 Å². The van der Waals surface area contributed by atoms with Gasteiger partial charge >= 0.3 is 0 Å². The molecule has 20 heavy (non-hydrogen) atoms. The van der Waals surface area contributed by atoms with Crippen LogP contribution in [0.1, 0.15) is 5.56 Å². The quantitative estimate of drug-likeness (QED) is 0.474. The first-order valence-corrected chi connectivity index (χ1v) is 6.83. The second-order valence-corrected chi connectivity index (χ2v) is 5.55. The SMILES string of the molecule is CN1C(=O)C(=Cc2cc(Br)ccc2O)C(=O)N(C)C1=S. The van der Waals surface area contributed by atoms with E-state index in [0.717, 1.165) is 4.47 Å². The van der Waals surface area contributed by atoms with Crippen molar-refractivity contribution in [3.05, 3.63) is 33.8 Å². The lowest BCUT2D eigenvalue weighted by atomic mass is 10.1. The minimum Gasteiger partial charge on any atom is -0.507 e. The highest BCUT2D eigenvalue weighted by atomic mass is 79.9. The zero-order valence-electron chi connectivity index (χ0n) is 10.8. The van der Waals surface area contributed by atoms with E-state index in [1.54, 1.807) is 12.1 Å². The summed E-state index contributed by atoms with van der Waals surface area (Å²) in [7, 11) is 3.00. The lowest BCUT2D eigenvalue weighted by molar-refractivity contribution is -0.132. The van der Waals surface area contributed by atoms with Crippen LogP contribution in [0.15, 0.2) is 28.2 Å². The number of benzene rings is 1. The van der Waals surface area contributed by atoms with Crippen molar-refractivity contribution < 1.29 is 14.7 Å². The van der Waals surface area contributed by atoms with Crippen LogP contribution in [0.5, 0.6) is 5.75 Å². The van der Waals surface area contributed by atoms with E-state index in [9.17, 15) is 14.7 Å². The Morgan fingerprint density at radius 2 is 1.75 bits per heavy atom. The lowest BCUT2D eigenvalue weighted by Crippen LogP contribution is -2.52. The molecule has 1 aliphatic rings. The monoisotopic (exact) mass is 354 g/mol. The fourth-order valence-corrected chi connectivity index (χ4v) is 2.32. The highest BCUT2D eigenvalue weighted by Crippen LogP contribution is 2.26. The number of halogens is 1. The van der Waals surface area contributed by atoms with Crippen molar-refractivity contribution in [2.45, 2.75) is 0 Å². The summed E-state index contributed by atoms with van der Waals surface area (Å²) < 4.78 is 0.732. The van der Waals surface area contributed by atoms with E-state index < -0.39 is 11.8 Å². The summed E-state index contributed by atoms with van der Waals surface area (Å²) in [5.41, 5.74) is 0.336. The molecule has 2 amide bonds. The van der Waals surface area contributed by atoms with Crippen molar-refractivity contribution in [2.24, 2.45) is 0 Å². The van der Waals surface area contributed by atoms with E-state index in [0.29, 0.717) is 5.56 Å². The molecule has 0 atom stereocenters. The van der Waals surface area contributed by atoms with Gasteiger partial charge in [-0.2, -0.15) is 0 Å². The summed E-state index contributed by atoms with van der Waals surface area (Å²) in [5.74, 6) is -0.991. The van der Waals surface area contributed by atoms with Crippen LogP contribution in [-0.4, -0.2) is 45.9 Å². The molecule has 104 valence electrons. The third-order valence-corrected chi connectivity index (χ3v) is 3.97. The number of phenols is 1. The molecule has 1 aromatic rings. The number of rotatable bonds is 1. The van der Waals surface area contributed by atoms with Gasteiger partial charge in [-0.1, -0.05) is 15.9 Å². The zero-order chi connectivity index (χ0) is 15.0. The van der Waals surface area contributed by atoms with Crippen LogP contribution in [0, 0.1) is 0 Å². The summed E-state index contributed by atoms with van der Waals surface area (Å²) >= 11 is 8.27. The van der Waals surface area contributed by atoms with Crippen LogP contribution in [-0.2, 0) is 9.59 Å². The van der Waals surface area contributed by atoms with Gasteiger partial charge in [0, 0.05) is 24.1 Å². The number of nitrogens with zero attached hydrogens (tertiary/aromatic N) is 2. The number of hydrogen-bond acceptors (Lipinski definition) is 4. The third-order valence-electron chi connectivity index (χ3n) is 2.93. The molecule has 0 aliphatic carbocycles. The number of carbonyl (C=O) groups excluding carboxylic acids is 2. The minimum atomic E-state index is -0.488. The Labute approximate surface area is 129 Å². The predicted octanol–water partition coefficient (Wildman–Crippen LogP) is 1.75. The minimum absolute atomic E-state index is 0.0141. The van der Waals surface area contributed by atoms with Gasteiger partial charge < -0.3 is 5.11 Å². The summed E-state index contributed by atoms with van der Waals surface area (Å²) in [6.07, 6.45) is 1.36.